The van der Waals surface area contributed by atoms with Gasteiger partial charge >= 0.3 is 0 Å². The van der Waals surface area contributed by atoms with Crippen LogP contribution in [-0.2, 0) is 0 Å². The predicted molar refractivity (Wildman–Crippen MR) is 71.7 cm³/mol. The number of carbonyl (C=O) groups is 1. The molecule has 0 aliphatic heterocycles. The number of aryl methyl sites for hydroxylation is 1. The molecule has 0 aliphatic carbocycles. The molecule has 0 spiro atoms. The van der Waals surface area contributed by atoms with E-state index in [9.17, 15) is 9.18 Å². The molecule has 0 amide bonds. The summed E-state index contributed by atoms with van der Waals surface area (Å²) in [6.45, 7) is 3.44. The molecule has 0 aromatic heterocycles. The van der Waals surface area contributed by atoms with Crippen molar-refractivity contribution in [1.29, 1.82) is 0 Å². The van der Waals surface area contributed by atoms with Gasteiger partial charge in [0.05, 0.1) is 4.90 Å². The highest BCUT2D eigenvalue weighted by molar-refractivity contribution is 7.99. The fraction of sp³-hybridized carbons (Fsp3) is 0.133. The van der Waals surface area contributed by atoms with Gasteiger partial charge in [0.1, 0.15) is 5.82 Å². The molecular formula is C15H13FOS. The average Bonchev–Trinajstić information content (AvgIpc) is 2.31. The molecule has 0 heterocycles. The summed E-state index contributed by atoms with van der Waals surface area (Å²) in [5.41, 5.74) is 1.54. The first-order valence-electron chi connectivity index (χ1n) is 5.62. The lowest BCUT2D eigenvalue weighted by Gasteiger charge is -2.08. The molecule has 0 atom stereocenters. The minimum Gasteiger partial charge on any atom is -0.294 e. The van der Waals surface area contributed by atoms with Gasteiger partial charge in [0, 0.05) is 10.5 Å². The van der Waals surface area contributed by atoms with Crippen LogP contribution in [0.15, 0.2) is 52.3 Å². The van der Waals surface area contributed by atoms with Crippen molar-refractivity contribution in [3.8, 4) is 0 Å². The van der Waals surface area contributed by atoms with Crippen LogP contribution in [0.4, 0.5) is 4.39 Å². The topological polar surface area (TPSA) is 17.1 Å². The van der Waals surface area contributed by atoms with E-state index in [4.69, 9.17) is 0 Å². The molecule has 0 N–H and O–H groups in total. The lowest BCUT2D eigenvalue weighted by molar-refractivity contribution is 0.101. The van der Waals surface area contributed by atoms with E-state index >= 15 is 0 Å². The predicted octanol–water partition coefficient (Wildman–Crippen LogP) is 4.49. The van der Waals surface area contributed by atoms with Crippen LogP contribution in [-0.4, -0.2) is 5.78 Å². The highest BCUT2D eigenvalue weighted by Gasteiger charge is 2.13. The number of Topliss-reactive ketones (excluding diaryl/α,β-unsaturated/α-hetero) is 1. The van der Waals surface area contributed by atoms with Gasteiger partial charge in [-0.05, 0) is 32.0 Å². The number of carbonyl (C=O) groups excluding carboxylic acids is 1. The Labute approximate surface area is 110 Å². The normalized spacial score (nSPS) is 10.4. The molecule has 0 radical (unpaired) electrons. The van der Waals surface area contributed by atoms with Crippen LogP contribution in [0.5, 0.6) is 0 Å². The van der Waals surface area contributed by atoms with E-state index in [0.717, 1.165) is 10.5 Å². The molecule has 3 heteroatoms. The maximum atomic E-state index is 13.8. The molecule has 0 aliphatic rings. The van der Waals surface area contributed by atoms with Gasteiger partial charge in [-0.25, -0.2) is 4.39 Å². The van der Waals surface area contributed by atoms with E-state index in [1.807, 2.05) is 31.2 Å². The molecule has 2 rings (SSSR count). The van der Waals surface area contributed by atoms with Crippen LogP contribution in [0, 0.1) is 12.7 Å². The van der Waals surface area contributed by atoms with E-state index in [1.165, 1.54) is 24.8 Å². The zero-order valence-electron chi connectivity index (χ0n) is 10.2. The van der Waals surface area contributed by atoms with Gasteiger partial charge < -0.3 is 0 Å². The highest BCUT2D eigenvalue weighted by Crippen LogP contribution is 2.33. The fourth-order valence-corrected chi connectivity index (χ4v) is 2.80. The Morgan fingerprint density at radius 1 is 1.17 bits per heavy atom. The van der Waals surface area contributed by atoms with Crippen molar-refractivity contribution in [2.75, 3.05) is 0 Å². The molecule has 1 nitrogen and oxygen atoms in total. The summed E-state index contributed by atoms with van der Waals surface area (Å²) < 4.78 is 13.8. The van der Waals surface area contributed by atoms with Crippen molar-refractivity contribution in [1.82, 2.24) is 0 Å². The first-order chi connectivity index (χ1) is 8.58. The number of benzene rings is 2. The van der Waals surface area contributed by atoms with E-state index in [1.54, 1.807) is 12.1 Å². The van der Waals surface area contributed by atoms with Crippen molar-refractivity contribution in [3.05, 3.63) is 59.4 Å². The summed E-state index contributed by atoms with van der Waals surface area (Å²) in [5, 5.41) is 0. The smallest absolute Gasteiger partial charge is 0.161 e. The summed E-state index contributed by atoms with van der Waals surface area (Å²) in [4.78, 5) is 12.8. The lowest BCUT2D eigenvalue weighted by atomic mass is 10.1. The zero-order chi connectivity index (χ0) is 13.1. The van der Waals surface area contributed by atoms with Gasteiger partial charge in [-0.15, -0.1) is 0 Å². The Balaban J connectivity index is 2.42. The number of hydrogen-bond donors (Lipinski definition) is 0. The third-order valence-electron chi connectivity index (χ3n) is 2.56. The Bertz CT molecular complexity index is 593. The molecule has 0 unspecified atom stereocenters. The van der Waals surface area contributed by atoms with Gasteiger partial charge in [-0.2, -0.15) is 0 Å². The first-order valence-corrected chi connectivity index (χ1v) is 6.43. The fourth-order valence-electron chi connectivity index (χ4n) is 1.69. The van der Waals surface area contributed by atoms with Crippen LogP contribution in [0.1, 0.15) is 22.8 Å². The third-order valence-corrected chi connectivity index (χ3v) is 3.66. The Morgan fingerprint density at radius 2 is 1.89 bits per heavy atom. The van der Waals surface area contributed by atoms with Crippen molar-refractivity contribution in [2.45, 2.75) is 23.6 Å². The quantitative estimate of drug-likeness (QED) is 0.756. The van der Waals surface area contributed by atoms with Crippen LogP contribution >= 0.6 is 11.8 Å². The summed E-state index contributed by atoms with van der Waals surface area (Å²) in [7, 11) is 0. The van der Waals surface area contributed by atoms with Gasteiger partial charge in [0.15, 0.2) is 5.78 Å². The zero-order valence-corrected chi connectivity index (χ0v) is 11.1. The minimum absolute atomic E-state index is 0.121. The van der Waals surface area contributed by atoms with Gasteiger partial charge in [0.25, 0.3) is 0 Å². The molecule has 92 valence electrons. The van der Waals surface area contributed by atoms with Crippen LogP contribution < -0.4 is 0 Å². The summed E-state index contributed by atoms with van der Waals surface area (Å²) in [6, 6.07) is 12.4. The second kappa shape index (κ2) is 5.36. The maximum Gasteiger partial charge on any atom is 0.161 e. The Morgan fingerprint density at radius 3 is 2.56 bits per heavy atom. The molecule has 0 saturated heterocycles. The lowest BCUT2D eigenvalue weighted by Crippen LogP contribution is -1.97. The standard InChI is InChI=1S/C15H13FOS/c1-10-5-3-6-12(9-10)18-15-13(11(2)17)7-4-8-14(15)16/h3-9H,1-2H3. The Hall–Kier alpha value is -1.61. The summed E-state index contributed by atoms with van der Waals surface area (Å²) in [6.07, 6.45) is 0. The van der Waals surface area contributed by atoms with Crippen LogP contribution in [0.2, 0.25) is 0 Å². The van der Waals surface area contributed by atoms with Crippen LogP contribution in [0.3, 0.4) is 0 Å². The molecule has 2 aromatic rings. The maximum absolute atomic E-state index is 13.8. The summed E-state index contributed by atoms with van der Waals surface area (Å²) in [5.74, 6) is -0.473. The Kier molecular flexibility index (Phi) is 3.82. The number of halogens is 1. The largest absolute Gasteiger partial charge is 0.294 e. The second-order valence-electron chi connectivity index (χ2n) is 4.09. The van der Waals surface area contributed by atoms with Gasteiger partial charge in [0.2, 0.25) is 0 Å². The third kappa shape index (κ3) is 2.79. The van der Waals surface area contributed by atoms with Crippen molar-refractivity contribution < 1.29 is 9.18 Å². The van der Waals surface area contributed by atoms with E-state index in [0.29, 0.717) is 10.5 Å². The number of hydrogen-bond acceptors (Lipinski definition) is 2. The minimum atomic E-state index is -0.353. The molecular weight excluding hydrogens is 247 g/mol. The number of ketones is 1. The molecule has 0 fully saturated rings. The molecule has 0 bridgehead atoms. The highest BCUT2D eigenvalue weighted by atomic mass is 32.2. The van der Waals surface area contributed by atoms with E-state index in [2.05, 4.69) is 0 Å². The summed E-state index contributed by atoms with van der Waals surface area (Å²) >= 11 is 1.29. The second-order valence-corrected chi connectivity index (χ2v) is 5.18. The molecule has 18 heavy (non-hydrogen) atoms. The van der Waals surface area contributed by atoms with Crippen molar-refractivity contribution in [2.24, 2.45) is 0 Å². The first kappa shape index (κ1) is 12.8. The SMILES string of the molecule is CC(=O)c1cccc(F)c1Sc1cccc(C)c1. The van der Waals surface area contributed by atoms with Crippen LogP contribution in [0.25, 0.3) is 0 Å². The number of rotatable bonds is 3. The van der Waals surface area contributed by atoms with Crippen molar-refractivity contribution in [3.63, 3.8) is 0 Å². The van der Waals surface area contributed by atoms with E-state index in [-0.39, 0.29) is 11.6 Å². The molecule has 2 aromatic carbocycles. The van der Waals surface area contributed by atoms with Gasteiger partial charge in [-0.1, -0.05) is 41.6 Å². The molecule has 0 saturated carbocycles. The van der Waals surface area contributed by atoms with Crippen molar-refractivity contribution >= 4 is 17.5 Å². The monoisotopic (exact) mass is 260 g/mol. The van der Waals surface area contributed by atoms with E-state index < -0.39 is 0 Å². The van der Waals surface area contributed by atoms with Gasteiger partial charge in [-0.3, -0.25) is 4.79 Å². The average molecular weight is 260 g/mol.